The highest BCUT2D eigenvalue weighted by Crippen LogP contribution is 2.18. The molecule has 0 bridgehead atoms. The van der Waals surface area contributed by atoms with Crippen LogP contribution in [0.5, 0.6) is 0 Å². The number of carbonyl (C=O) groups is 1. The lowest BCUT2D eigenvalue weighted by atomic mass is 10.00. The lowest BCUT2D eigenvalue weighted by molar-refractivity contribution is 0.0342. The Kier molecular flexibility index (Phi) is 5.00. The molecule has 1 aromatic heterocycles. The molecule has 1 aromatic carbocycles. The summed E-state index contributed by atoms with van der Waals surface area (Å²) in [5, 5.41) is 0. The van der Waals surface area contributed by atoms with Crippen molar-refractivity contribution < 1.29 is 9.53 Å². The number of hydrogen-bond donors (Lipinski definition) is 1. The quantitative estimate of drug-likeness (QED) is 0.675. The van der Waals surface area contributed by atoms with Crippen molar-refractivity contribution in [1.82, 2.24) is 9.88 Å². The molecule has 5 heteroatoms. The van der Waals surface area contributed by atoms with E-state index in [1.807, 2.05) is 30.3 Å². The van der Waals surface area contributed by atoms with Gasteiger partial charge in [0.15, 0.2) is 5.78 Å². The van der Waals surface area contributed by atoms with Crippen LogP contribution in [0.15, 0.2) is 42.7 Å². The lowest BCUT2D eigenvalue weighted by Gasteiger charge is -2.26. The molecule has 120 valence electrons. The monoisotopic (exact) mass is 311 g/mol. The number of morpholine rings is 1. The normalized spacial score (nSPS) is 15.5. The SMILES string of the molecule is Nc1ccc(CN2CCOCC2)cc1C(=O)Cc1cccnc1. The number of anilines is 1. The largest absolute Gasteiger partial charge is 0.398 e. The van der Waals surface area contributed by atoms with Crippen LogP contribution in [0.4, 0.5) is 5.69 Å². The first-order valence-electron chi connectivity index (χ1n) is 7.83. The molecule has 2 heterocycles. The van der Waals surface area contributed by atoms with Crippen molar-refractivity contribution in [3.63, 3.8) is 0 Å². The zero-order valence-corrected chi connectivity index (χ0v) is 13.1. The number of ether oxygens (including phenoxy) is 1. The number of carbonyl (C=O) groups excluding carboxylic acids is 1. The van der Waals surface area contributed by atoms with Gasteiger partial charge in [-0.15, -0.1) is 0 Å². The van der Waals surface area contributed by atoms with E-state index in [1.54, 1.807) is 12.4 Å². The van der Waals surface area contributed by atoms with Crippen molar-refractivity contribution in [1.29, 1.82) is 0 Å². The van der Waals surface area contributed by atoms with Gasteiger partial charge in [-0.2, -0.15) is 0 Å². The standard InChI is InChI=1S/C18H21N3O2/c19-17-4-3-15(13-21-6-8-23-9-7-21)10-16(17)18(22)11-14-2-1-5-20-12-14/h1-5,10,12H,6-9,11,13,19H2. The summed E-state index contributed by atoms with van der Waals surface area (Å²) in [7, 11) is 0. The predicted octanol–water partition coefficient (Wildman–Crippen LogP) is 1.92. The molecule has 3 rings (SSSR count). The Labute approximate surface area is 136 Å². The van der Waals surface area contributed by atoms with Crippen LogP contribution in [0, 0.1) is 0 Å². The maximum Gasteiger partial charge on any atom is 0.169 e. The van der Waals surface area contributed by atoms with Crippen LogP contribution in [0.2, 0.25) is 0 Å². The maximum absolute atomic E-state index is 12.5. The third-order valence-corrected chi connectivity index (χ3v) is 4.02. The third kappa shape index (κ3) is 4.15. The zero-order valence-electron chi connectivity index (χ0n) is 13.1. The molecule has 1 aliphatic heterocycles. The Bertz CT molecular complexity index is 667. The van der Waals surface area contributed by atoms with Crippen LogP contribution in [0.1, 0.15) is 21.5 Å². The zero-order chi connectivity index (χ0) is 16.1. The van der Waals surface area contributed by atoms with E-state index in [0.717, 1.165) is 44.0 Å². The minimum absolute atomic E-state index is 0.0272. The molecule has 0 radical (unpaired) electrons. The van der Waals surface area contributed by atoms with Crippen molar-refractivity contribution >= 4 is 11.5 Å². The second-order valence-corrected chi connectivity index (χ2v) is 5.77. The van der Waals surface area contributed by atoms with Crippen LogP contribution in [-0.4, -0.2) is 42.0 Å². The van der Waals surface area contributed by atoms with Gasteiger partial charge in [0, 0.05) is 49.7 Å². The van der Waals surface area contributed by atoms with Crippen molar-refractivity contribution in [3.8, 4) is 0 Å². The van der Waals surface area contributed by atoms with Gasteiger partial charge in [0.25, 0.3) is 0 Å². The molecular weight excluding hydrogens is 290 g/mol. The molecule has 0 aliphatic carbocycles. The fraction of sp³-hybridized carbons (Fsp3) is 0.333. The Hall–Kier alpha value is -2.24. The summed E-state index contributed by atoms with van der Waals surface area (Å²) in [5.41, 5.74) is 9.14. The highest BCUT2D eigenvalue weighted by molar-refractivity contribution is 6.02. The topological polar surface area (TPSA) is 68.4 Å². The van der Waals surface area contributed by atoms with Crippen molar-refractivity contribution in [2.45, 2.75) is 13.0 Å². The summed E-state index contributed by atoms with van der Waals surface area (Å²) in [6.45, 7) is 4.19. The molecule has 2 N–H and O–H groups in total. The summed E-state index contributed by atoms with van der Waals surface area (Å²) in [4.78, 5) is 18.9. The highest BCUT2D eigenvalue weighted by Gasteiger charge is 2.14. The van der Waals surface area contributed by atoms with Gasteiger partial charge < -0.3 is 10.5 Å². The fourth-order valence-electron chi connectivity index (χ4n) is 2.74. The van der Waals surface area contributed by atoms with E-state index in [2.05, 4.69) is 9.88 Å². The first-order valence-corrected chi connectivity index (χ1v) is 7.83. The van der Waals surface area contributed by atoms with Crippen LogP contribution >= 0.6 is 0 Å². The van der Waals surface area contributed by atoms with Gasteiger partial charge in [0.1, 0.15) is 0 Å². The summed E-state index contributed by atoms with van der Waals surface area (Å²) >= 11 is 0. The molecule has 0 saturated carbocycles. The molecule has 5 nitrogen and oxygen atoms in total. The lowest BCUT2D eigenvalue weighted by Crippen LogP contribution is -2.35. The highest BCUT2D eigenvalue weighted by atomic mass is 16.5. The van der Waals surface area contributed by atoms with Crippen molar-refractivity contribution in [2.75, 3.05) is 32.0 Å². The number of hydrogen-bond acceptors (Lipinski definition) is 5. The third-order valence-electron chi connectivity index (χ3n) is 4.02. The first kappa shape index (κ1) is 15.6. The molecule has 0 atom stereocenters. The predicted molar refractivity (Wildman–Crippen MR) is 89.2 cm³/mol. The van der Waals surface area contributed by atoms with E-state index in [1.165, 1.54) is 0 Å². The number of rotatable bonds is 5. The fourth-order valence-corrected chi connectivity index (χ4v) is 2.74. The van der Waals surface area contributed by atoms with E-state index in [4.69, 9.17) is 10.5 Å². The Balaban J connectivity index is 1.73. The summed E-state index contributed by atoms with van der Waals surface area (Å²) < 4.78 is 5.36. The Morgan fingerprint density at radius 1 is 1.22 bits per heavy atom. The van der Waals surface area contributed by atoms with Crippen LogP contribution in [0.3, 0.4) is 0 Å². The molecule has 1 saturated heterocycles. The summed E-state index contributed by atoms with van der Waals surface area (Å²) in [6.07, 6.45) is 3.73. The Morgan fingerprint density at radius 2 is 2.04 bits per heavy atom. The van der Waals surface area contributed by atoms with E-state index in [0.29, 0.717) is 17.7 Å². The maximum atomic E-state index is 12.5. The number of nitrogens with zero attached hydrogens (tertiary/aromatic N) is 2. The number of benzene rings is 1. The minimum Gasteiger partial charge on any atom is -0.398 e. The number of ketones is 1. The summed E-state index contributed by atoms with van der Waals surface area (Å²) in [6, 6.07) is 9.47. The van der Waals surface area contributed by atoms with Gasteiger partial charge in [-0.1, -0.05) is 12.1 Å². The molecule has 1 aliphatic rings. The smallest absolute Gasteiger partial charge is 0.169 e. The van der Waals surface area contributed by atoms with E-state index in [9.17, 15) is 4.79 Å². The second kappa shape index (κ2) is 7.35. The van der Waals surface area contributed by atoms with Crippen molar-refractivity contribution in [2.24, 2.45) is 0 Å². The Morgan fingerprint density at radius 3 is 2.78 bits per heavy atom. The molecule has 0 amide bonds. The number of nitrogens with two attached hydrogens (primary N) is 1. The minimum atomic E-state index is 0.0272. The average Bonchev–Trinajstić information content (AvgIpc) is 2.58. The van der Waals surface area contributed by atoms with Crippen molar-refractivity contribution in [3.05, 3.63) is 59.4 Å². The van der Waals surface area contributed by atoms with E-state index < -0.39 is 0 Å². The molecular formula is C18H21N3O2. The van der Waals surface area contributed by atoms with Gasteiger partial charge in [0.05, 0.1) is 13.2 Å². The number of Topliss-reactive ketones (excluding diaryl/α,β-unsaturated/α-hetero) is 1. The van der Waals surface area contributed by atoms with Gasteiger partial charge in [0.2, 0.25) is 0 Å². The van der Waals surface area contributed by atoms with E-state index in [-0.39, 0.29) is 5.78 Å². The van der Waals surface area contributed by atoms with Crippen LogP contribution < -0.4 is 5.73 Å². The summed E-state index contributed by atoms with van der Waals surface area (Å²) in [5.74, 6) is 0.0272. The van der Waals surface area contributed by atoms with Gasteiger partial charge >= 0.3 is 0 Å². The molecule has 2 aromatic rings. The second-order valence-electron chi connectivity index (χ2n) is 5.77. The first-order chi connectivity index (χ1) is 11.2. The number of pyridine rings is 1. The van der Waals surface area contributed by atoms with Crippen LogP contribution in [0.25, 0.3) is 0 Å². The average molecular weight is 311 g/mol. The number of aromatic nitrogens is 1. The van der Waals surface area contributed by atoms with Gasteiger partial charge in [-0.25, -0.2) is 0 Å². The van der Waals surface area contributed by atoms with Gasteiger partial charge in [-0.05, 0) is 29.3 Å². The van der Waals surface area contributed by atoms with Crippen LogP contribution in [-0.2, 0) is 17.7 Å². The molecule has 1 fully saturated rings. The molecule has 0 spiro atoms. The van der Waals surface area contributed by atoms with E-state index >= 15 is 0 Å². The van der Waals surface area contributed by atoms with Gasteiger partial charge in [-0.3, -0.25) is 14.7 Å². The molecule has 0 unspecified atom stereocenters. The molecule has 23 heavy (non-hydrogen) atoms. The number of nitrogen functional groups attached to an aromatic ring is 1.